The highest BCUT2D eigenvalue weighted by molar-refractivity contribution is 7.98. The Balaban J connectivity index is 1.59. The van der Waals surface area contributed by atoms with Crippen LogP contribution in [0, 0.1) is 13.8 Å². The number of aromatic nitrogens is 3. The summed E-state index contributed by atoms with van der Waals surface area (Å²) < 4.78 is 0. The van der Waals surface area contributed by atoms with E-state index in [1.54, 1.807) is 23.5 Å². The van der Waals surface area contributed by atoms with Gasteiger partial charge in [0.1, 0.15) is 0 Å². The normalized spacial score (nSPS) is 10.8. The van der Waals surface area contributed by atoms with Gasteiger partial charge in [-0.3, -0.25) is 4.98 Å². The zero-order valence-corrected chi connectivity index (χ0v) is 15.4. The van der Waals surface area contributed by atoms with Crippen LogP contribution in [-0.4, -0.2) is 15.0 Å². The fourth-order valence-corrected chi connectivity index (χ4v) is 3.86. The Hall–Kier alpha value is -1.85. The van der Waals surface area contributed by atoms with E-state index in [1.165, 1.54) is 0 Å². The van der Waals surface area contributed by atoms with Crippen LogP contribution in [0.25, 0.3) is 0 Å². The van der Waals surface area contributed by atoms with Crippen LogP contribution in [0.2, 0.25) is 0 Å². The molecule has 5 heteroatoms. The molecule has 0 spiro atoms. The summed E-state index contributed by atoms with van der Waals surface area (Å²) >= 11 is 3.44. The van der Waals surface area contributed by atoms with E-state index in [9.17, 15) is 0 Å². The molecule has 0 aliphatic heterocycles. The first-order valence-corrected chi connectivity index (χ1v) is 9.74. The minimum Gasteiger partial charge on any atom is -0.256 e. The second kappa shape index (κ2) is 8.31. The fraction of sp³-hybridized carbons (Fsp3) is 0.211. The molecule has 0 N–H and O–H groups in total. The van der Waals surface area contributed by atoms with Crippen molar-refractivity contribution in [3.63, 3.8) is 0 Å². The Morgan fingerprint density at radius 2 is 1.08 bits per heavy atom. The van der Waals surface area contributed by atoms with Crippen molar-refractivity contribution < 1.29 is 0 Å². The van der Waals surface area contributed by atoms with E-state index in [4.69, 9.17) is 4.98 Å². The lowest BCUT2D eigenvalue weighted by Gasteiger charge is -2.05. The molecule has 0 fully saturated rings. The van der Waals surface area contributed by atoms with Crippen molar-refractivity contribution in [1.82, 2.24) is 15.0 Å². The standard InChI is InChI=1S/C19H19N3S2/c1-14-6-3-10-18(20-14)23-12-16-8-5-9-17(22-16)13-24-19-11-4-7-15(2)21-19/h3-11H,12-13H2,1-2H3. The summed E-state index contributed by atoms with van der Waals surface area (Å²) in [5.41, 5.74) is 4.25. The Kier molecular flexibility index (Phi) is 5.88. The zero-order chi connectivity index (χ0) is 16.8. The number of aryl methyl sites for hydroxylation is 2. The van der Waals surface area contributed by atoms with Crippen molar-refractivity contribution in [3.05, 3.63) is 77.4 Å². The van der Waals surface area contributed by atoms with Gasteiger partial charge in [0.15, 0.2) is 0 Å². The van der Waals surface area contributed by atoms with Gasteiger partial charge >= 0.3 is 0 Å². The number of hydrogen-bond donors (Lipinski definition) is 0. The molecule has 0 saturated carbocycles. The van der Waals surface area contributed by atoms with Crippen LogP contribution in [0.1, 0.15) is 22.8 Å². The molecule has 3 rings (SSSR count). The zero-order valence-electron chi connectivity index (χ0n) is 13.8. The average Bonchev–Trinajstić information content (AvgIpc) is 2.59. The molecule has 0 aliphatic rings. The molecule has 0 bridgehead atoms. The monoisotopic (exact) mass is 353 g/mol. The van der Waals surface area contributed by atoms with Crippen LogP contribution >= 0.6 is 23.5 Å². The molecule has 0 unspecified atom stereocenters. The highest BCUT2D eigenvalue weighted by Crippen LogP contribution is 2.23. The largest absolute Gasteiger partial charge is 0.256 e. The maximum atomic E-state index is 4.75. The summed E-state index contributed by atoms with van der Waals surface area (Å²) in [6, 6.07) is 18.4. The lowest BCUT2D eigenvalue weighted by Crippen LogP contribution is -1.94. The van der Waals surface area contributed by atoms with E-state index >= 15 is 0 Å². The lowest BCUT2D eigenvalue weighted by atomic mass is 10.3. The molecule has 3 heterocycles. The van der Waals surface area contributed by atoms with Crippen molar-refractivity contribution in [2.45, 2.75) is 35.4 Å². The van der Waals surface area contributed by atoms with Crippen LogP contribution in [-0.2, 0) is 11.5 Å². The lowest BCUT2D eigenvalue weighted by molar-refractivity contribution is 1.04. The van der Waals surface area contributed by atoms with Crippen LogP contribution in [0.3, 0.4) is 0 Å². The Morgan fingerprint density at radius 3 is 1.54 bits per heavy atom. The highest BCUT2D eigenvalue weighted by atomic mass is 32.2. The molecule has 3 aromatic heterocycles. The predicted molar refractivity (Wildman–Crippen MR) is 101 cm³/mol. The fourth-order valence-electron chi connectivity index (χ4n) is 2.18. The molecule has 3 aromatic rings. The third-order valence-corrected chi connectivity index (χ3v) is 5.25. The van der Waals surface area contributed by atoms with Crippen LogP contribution < -0.4 is 0 Å². The molecular weight excluding hydrogens is 334 g/mol. The molecule has 122 valence electrons. The van der Waals surface area contributed by atoms with Crippen LogP contribution in [0.5, 0.6) is 0 Å². The molecule has 0 amide bonds. The van der Waals surface area contributed by atoms with Gasteiger partial charge in [-0.25, -0.2) is 9.97 Å². The van der Waals surface area contributed by atoms with Gasteiger partial charge in [-0.2, -0.15) is 0 Å². The number of pyridine rings is 3. The molecule has 0 atom stereocenters. The van der Waals surface area contributed by atoms with Gasteiger partial charge in [-0.1, -0.05) is 18.2 Å². The Labute approximate surface area is 151 Å². The van der Waals surface area contributed by atoms with Crippen LogP contribution in [0.15, 0.2) is 64.6 Å². The highest BCUT2D eigenvalue weighted by Gasteiger charge is 2.03. The molecule has 0 saturated heterocycles. The van der Waals surface area contributed by atoms with Gasteiger partial charge in [0.2, 0.25) is 0 Å². The molecule has 24 heavy (non-hydrogen) atoms. The Bertz CT molecular complexity index is 756. The van der Waals surface area contributed by atoms with Crippen molar-refractivity contribution in [2.75, 3.05) is 0 Å². The first-order chi connectivity index (χ1) is 11.7. The molecular formula is C19H19N3S2. The van der Waals surface area contributed by atoms with E-state index in [-0.39, 0.29) is 0 Å². The van der Waals surface area contributed by atoms with Crippen molar-refractivity contribution >= 4 is 23.5 Å². The van der Waals surface area contributed by atoms with Crippen molar-refractivity contribution in [2.24, 2.45) is 0 Å². The van der Waals surface area contributed by atoms with Gasteiger partial charge in [0.25, 0.3) is 0 Å². The first kappa shape index (κ1) is 17.0. The summed E-state index contributed by atoms with van der Waals surface area (Å²) in [4.78, 5) is 13.8. The van der Waals surface area contributed by atoms with Crippen molar-refractivity contribution in [3.8, 4) is 0 Å². The summed E-state index contributed by atoms with van der Waals surface area (Å²) in [6.45, 7) is 4.03. The summed E-state index contributed by atoms with van der Waals surface area (Å²) in [7, 11) is 0. The van der Waals surface area contributed by atoms with E-state index in [0.717, 1.165) is 44.3 Å². The van der Waals surface area contributed by atoms with E-state index in [1.807, 2.05) is 50.2 Å². The minimum atomic E-state index is 0.831. The maximum Gasteiger partial charge on any atom is 0.0966 e. The number of thioether (sulfide) groups is 2. The molecule has 0 aliphatic carbocycles. The topological polar surface area (TPSA) is 38.7 Å². The quantitative estimate of drug-likeness (QED) is 0.578. The Morgan fingerprint density at radius 1 is 0.625 bits per heavy atom. The summed E-state index contributed by atoms with van der Waals surface area (Å²) in [6.07, 6.45) is 0. The van der Waals surface area contributed by atoms with E-state index < -0.39 is 0 Å². The van der Waals surface area contributed by atoms with Gasteiger partial charge in [-0.05, 0) is 50.2 Å². The van der Waals surface area contributed by atoms with E-state index in [2.05, 4.69) is 28.2 Å². The maximum absolute atomic E-state index is 4.75. The summed E-state index contributed by atoms with van der Waals surface area (Å²) in [5.74, 6) is 1.66. The predicted octanol–water partition coefficient (Wildman–Crippen LogP) is 5.07. The van der Waals surface area contributed by atoms with Gasteiger partial charge in [-0.15, -0.1) is 23.5 Å². The van der Waals surface area contributed by atoms with Crippen LogP contribution in [0.4, 0.5) is 0 Å². The minimum absolute atomic E-state index is 0.831. The number of hydrogen-bond acceptors (Lipinski definition) is 5. The van der Waals surface area contributed by atoms with Crippen molar-refractivity contribution in [1.29, 1.82) is 0 Å². The molecule has 0 aromatic carbocycles. The third kappa shape index (κ3) is 5.08. The summed E-state index contributed by atoms with van der Waals surface area (Å²) in [5, 5.41) is 2.08. The number of rotatable bonds is 6. The third-order valence-electron chi connectivity index (χ3n) is 3.33. The smallest absolute Gasteiger partial charge is 0.0966 e. The average molecular weight is 354 g/mol. The van der Waals surface area contributed by atoms with Gasteiger partial charge in [0, 0.05) is 22.9 Å². The SMILES string of the molecule is Cc1cccc(SCc2cccc(CSc3cccc(C)n3)n2)n1. The van der Waals surface area contributed by atoms with Gasteiger partial charge in [0.05, 0.1) is 21.4 Å². The second-order valence-electron chi connectivity index (χ2n) is 5.43. The molecule has 0 radical (unpaired) electrons. The number of nitrogens with zero attached hydrogens (tertiary/aromatic N) is 3. The first-order valence-electron chi connectivity index (χ1n) is 7.77. The van der Waals surface area contributed by atoms with E-state index in [0.29, 0.717) is 0 Å². The molecule has 3 nitrogen and oxygen atoms in total. The van der Waals surface area contributed by atoms with Gasteiger partial charge < -0.3 is 0 Å². The second-order valence-corrected chi connectivity index (χ2v) is 7.42.